The first-order chi connectivity index (χ1) is 10.5. The molecule has 7 heteroatoms. The Labute approximate surface area is 138 Å². The van der Waals surface area contributed by atoms with E-state index in [2.05, 4.69) is 10.4 Å². The summed E-state index contributed by atoms with van der Waals surface area (Å²) in [5, 5.41) is 8.50. The molecule has 2 aliphatic rings. The van der Waals surface area contributed by atoms with E-state index < -0.39 is 11.6 Å². The van der Waals surface area contributed by atoms with Gasteiger partial charge in [0.05, 0.1) is 16.3 Å². The molecule has 1 aromatic rings. The van der Waals surface area contributed by atoms with Crippen LogP contribution in [0.4, 0.5) is 4.79 Å². The van der Waals surface area contributed by atoms with Crippen LogP contribution in [0.2, 0.25) is 10.0 Å². The number of benzene rings is 1. The molecule has 116 valence electrons. The molecule has 1 aromatic carbocycles. The van der Waals surface area contributed by atoms with Crippen LogP contribution in [0.1, 0.15) is 37.7 Å². The number of carbonyl (C=O) groups is 2. The summed E-state index contributed by atoms with van der Waals surface area (Å²) in [5.41, 5.74) is -0.298. The minimum Gasteiger partial charge on any atom is -0.321 e. The number of rotatable bonds is 2. The molecule has 3 amide bonds. The van der Waals surface area contributed by atoms with Crippen LogP contribution in [0.25, 0.3) is 0 Å². The minimum absolute atomic E-state index is 0.295. The van der Waals surface area contributed by atoms with Crippen molar-refractivity contribution in [2.24, 2.45) is 5.10 Å². The summed E-state index contributed by atoms with van der Waals surface area (Å²) in [4.78, 5) is 24.6. The van der Waals surface area contributed by atoms with Crippen molar-refractivity contribution in [2.45, 2.75) is 37.6 Å². The molecule has 2 fully saturated rings. The van der Waals surface area contributed by atoms with Crippen LogP contribution in [0.15, 0.2) is 23.3 Å². The van der Waals surface area contributed by atoms with Gasteiger partial charge < -0.3 is 5.32 Å². The van der Waals surface area contributed by atoms with E-state index in [1.165, 1.54) is 6.21 Å². The Bertz CT molecular complexity index is 634. The van der Waals surface area contributed by atoms with Crippen LogP contribution in [0.5, 0.6) is 0 Å². The summed E-state index contributed by atoms with van der Waals surface area (Å²) in [6.07, 6.45) is 5.63. The minimum atomic E-state index is -0.781. The molecule has 0 aromatic heterocycles. The lowest BCUT2D eigenvalue weighted by molar-refractivity contribution is -0.132. The van der Waals surface area contributed by atoms with Crippen LogP contribution in [0.3, 0.4) is 0 Å². The molecule has 0 unspecified atom stereocenters. The van der Waals surface area contributed by atoms with Crippen molar-refractivity contribution >= 4 is 41.4 Å². The van der Waals surface area contributed by atoms with Crippen LogP contribution < -0.4 is 5.32 Å². The van der Waals surface area contributed by atoms with Gasteiger partial charge in [-0.25, -0.2) is 4.79 Å². The molecular formula is C15H15Cl2N3O2. The molecule has 1 saturated heterocycles. The van der Waals surface area contributed by atoms with Gasteiger partial charge in [0.25, 0.3) is 5.91 Å². The van der Waals surface area contributed by atoms with Gasteiger partial charge in [0.15, 0.2) is 0 Å². The summed E-state index contributed by atoms with van der Waals surface area (Å²) in [6, 6.07) is 4.56. The fourth-order valence-corrected chi connectivity index (χ4v) is 3.45. The second-order valence-corrected chi connectivity index (χ2v) is 6.38. The largest absolute Gasteiger partial charge is 0.346 e. The van der Waals surface area contributed by atoms with E-state index in [0.29, 0.717) is 28.5 Å². The summed E-state index contributed by atoms with van der Waals surface area (Å²) < 4.78 is 0. The second-order valence-electron chi connectivity index (χ2n) is 5.57. The summed E-state index contributed by atoms with van der Waals surface area (Å²) in [5.74, 6) is -0.295. The highest BCUT2D eigenvalue weighted by molar-refractivity contribution is 6.38. The fraction of sp³-hybridized carbons (Fsp3) is 0.400. The molecule has 5 nitrogen and oxygen atoms in total. The number of nitrogens with one attached hydrogen (secondary N) is 1. The number of urea groups is 1. The van der Waals surface area contributed by atoms with Crippen molar-refractivity contribution in [1.82, 2.24) is 10.3 Å². The van der Waals surface area contributed by atoms with E-state index in [9.17, 15) is 9.59 Å². The van der Waals surface area contributed by atoms with Gasteiger partial charge >= 0.3 is 6.03 Å². The van der Waals surface area contributed by atoms with E-state index in [1.54, 1.807) is 18.2 Å². The molecule has 1 N–H and O–H groups in total. The van der Waals surface area contributed by atoms with E-state index >= 15 is 0 Å². The van der Waals surface area contributed by atoms with Crippen molar-refractivity contribution in [2.75, 3.05) is 0 Å². The van der Waals surface area contributed by atoms with Gasteiger partial charge in [0.1, 0.15) is 5.54 Å². The van der Waals surface area contributed by atoms with Gasteiger partial charge in [-0.3, -0.25) is 4.79 Å². The Balaban J connectivity index is 1.85. The number of hydrogen-bond donors (Lipinski definition) is 1. The lowest BCUT2D eigenvalue weighted by Gasteiger charge is -2.29. The molecule has 0 radical (unpaired) electrons. The standard InChI is InChI=1S/C15H15Cl2N3O2/c16-11-5-4-6-12(17)10(11)9-18-20-13(21)15(19-14(20)22)7-2-1-3-8-15/h4-6,9H,1-3,7-8H2,(H,19,22). The quantitative estimate of drug-likeness (QED) is 0.661. The highest BCUT2D eigenvalue weighted by Gasteiger charge is 2.51. The lowest BCUT2D eigenvalue weighted by Crippen LogP contribution is -2.48. The number of carbonyl (C=O) groups excluding carboxylic acids is 2. The Kier molecular flexibility index (Phi) is 4.10. The first kappa shape index (κ1) is 15.3. The average Bonchev–Trinajstić information content (AvgIpc) is 2.71. The molecule has 1 aliphatic heterocycles. The smallest absolute Gasteiger partial charge is 0.321 e. The first-order valence-corrected chi connectivity index (χ1v) is 7.94. The van der Waals surface area contributed by atoms with E-state index in [0.717, 1.165) is 24.3 Å². The SMILES string of the molecule is O=C1NC2(CCCCC2)C(=O)N1N=Cc1c(Cl)cccc1Cl. The number of hydrogen-bond acceptors (Lipinski definition) is 3. The number of halogens is 2. The maximum atomic E-state index is 12.5. The van der Waals surface area contributed by atoms with Gasteiger partial charge in [-0.2, -0.15) is 5.10 Å². The zero-order valence-electron chi connectivity index (χ0n) is 11.8. The van der Waals surface area contributed by atoms with E-state index in [-0.39, 0.29) is 5.91 Å². The third kappa shape index (κ3) is 2.59. The van der Waals surface area contributed by atoms with Gasteiger partial charge in [-0.1, -0.05) is 48.5 Å². The van der Waals surface area contributed by atoms with Crippen molar-refractivity contribution in [3.8, 4) is 0 Å². The van der Waals surface area contributed by atoms with Gasteiger partial charge in [0, 0.05) is 5.56 Å². The van der Waals surface area contributed by atoms with E-state index in [4.69, 9.17) is 23.2 Å². The summed E-state index contributed by atoms with van der Waals surface area (Å²) in [6.45, 7) is 0. The first-order valence-electron chi connectivity index (χ1n) is 7.18. The predicted octanol–water partition coefficient (Wildman–Crippen LogP) is 3.58. The topological polar surface area (TPSA) is 61.8 Å². The third-order valence-electron chi connectivity index (χ3n) is 4.15. The van der Waals surface area contributed by atoms with Crippen molar-refractivity contribution in [3.05, 3.63) is 33.8 Å². The van der Waals surface area contributed by atoms with Crippen LogP contribution in [0, 0.1) is 0 Å². The summed E-state index contributed by atoms with van der Waals surface area (Å²) >= 11 is 12.1. The van der Waals surface area contributed by atoms with Gasteiger partial charge in [-0.15, -0.1) is 5.01 Å². The molecule has 0 bridgehead atoms. The number of hydrazone groups is 1. The van der Waals surface area contributed by atoms with Crippen molar-refractivity contribution in [3.63, 3.8) is 0 Å². The van der Waals surface area contributed by atoms with Crippen LogP contribution >= 0.6 is 23.2 Å². The van der Waals surface area contributed by atoms with Crippen LogP contribution in [-0.4, -0.2) is 28.7 Å². The number of amides is 3. The number of nitrogens with zero attached hydrogens (tertiary/aromatic N) is 2. The zero-order chi connectivity index (χ0) is 15.7. The Morgan fingerprint density at radius 3 is 2.41 bits per heavy atom. The highest BCUT2D eigenvalue weighted by atomic mass is 35.5. The Morgan fingerprint density at radius 2 is 1.77 bits per heavy atom. The molecular weight excluding hydrogens is 325 g/mol. The maximum absolute atomic E-state index is 12.5. The average molecular weight is 340 g/mol. The molecule has 22 heavy (non-hydrogen) atoms. The third-order valence-corrected chi connectivity index (χ3v) is 4.81. The molecule has 3 rings (SSSR count). The van der Waals surface area contributed by atoms with Crippen LogP contribution in [-0.2, 0) is 4.79 Å². The molecule has 1 saturated carbocycles. The molecule has 1 aliphatic carbocycles. The normalized spacial score (nSPS) is 20.9. The van der Waals surface area contributed by atoms with E-state index in [1.807, 2.05) is 0 Å². The Morgan fingerprint density at radius 1 is 1.14 bits per heavy atom. The van der Waals surface area contributed by atoms with Crippen molar-refractivity contribution in [1.29, 1.82) is 0 Å². The lowest BCUT2D eigenvalue weighted by atomic mass is 9.82. The van der Waals surface area contributed by atoms with Gasteiger partial charge in [0.2, 0.25) is 0 Å². The monoisotopic (exact) mass is 339 g/mol. The summed E-state index contributed by atoms with van der Waals surface area (Å²) in [7, 11) is 0. The fourth-order valence-electron chi connectivity index (χ4n) is 2.95. The molecule has 1 spiro atoms. The highest BCUT2D eigenvalue weighted by Crippen LogP contribution is 2.33. The van der Waals surface area contributed by atoms with Gasteiger partial charge in [-0.05, 0) is 25.0 Å². The molecule has 1 heterocycles. The second kappa shape index (κ2) is 5.89. The molecule has 0 atom stereocenters. The maximum Gasteiger partial charge on any atom is 0.346 e. The predicted molar refractivity (Wildman–Crippen MR) is 85.2 cm³/mol. The Hall–Kier alpha value is -1.59. The number of imide groups is 1. The zero-order valence-corrected chi connectivity index (χ0v) is 13.3. The van der Waals surface area contributed by atoms with Crippen molar-refractivity contribution < 1.29 is 9.59 Å².